The molecule has 1 unspecified atom stereocenters. The van der Waals surface area contributed by atoms with Gasteiger partial charge in [0.25, 0.3) is 0 Å². The van der Waals surface area contributed by atoms with E-state index in [1.54, 1.807) is 0 Å². The Labute approximate surface area is 160 Å². The Hall–Kier alpha value is -0.120. The Morgan fingerprint density at radius 1 is 0.962 bits per heavy atom. The third-order valence-corrected chi connectivity index (χ3v) is 8.98. The number of hydrogen-bond donors (Lipinski definition) is 3. The molecule has 0 heterocycles. The van der Waals surface area contributed by atoms with Crippen LogP contribution in [-0.2, 0) is 0 Å². The number of fused-ring (bicyclic) bond motifs is 3. The van der Waals surface area contributed by atoms with E-state index in [2.05, 4.69) is 20.8 Å². The van der Waals surface area contributed by atoms with Crippen LogP contribution in [0, 0.1) is 34.5 Å². The van der Waals surface area contributed by atoms with Crippen LogP contribution in [0.5, 0.6) is 0 Å². The lowest BCUT2D eigenvalue weighted by Crippen LogP contribution is -2.57. The van der Waals surface area contributed by atoms with Gasteiger partial charge in [0.1, 0.15) is 0 Å². The zero-order valence-corrected chi connectivity index (χ0v) is 17.3. The minimum absolute atomic E-state index is 0.0720. The lowest BCUT2D eigenvalue weighted by Gasteiger charge is -2.60. The van der Waals surface area contributed by atoms with Crippen LogP contribution in [0.2, 0.25) is 0 Å². The first-order valence-corrected chi connectivity index (χ1v) is 11.4. The molecule has 152 valence electrons. The van der Waals surface area contributed by atoms with Crippen molar-refractivity contribution in [3.8, 4) is 0 Å². The molecule has 3 saturated carbocycles. The molecule has 0 aromatic carbocycles. The van der Waals surface area contributed by atoms with Crippen LogP contribution in [0.4, 0.5) is 0 Å². The smallest absolute Gasteiger partial charge is 0.0624 e. The lowest BCUT2D eigenvalue weighted by atomic mass is 9.46. The quantitative estimate of drug-likeness (QED) is 0.580. The third-order valence-electron chi connectivity index (χ3n) is 8.98. The molecule has 0 aromatic rings. The highest BCUT2D eigenvalue weighted by molar-refractivity contribution is 5.10. The number of rotatable bonds is 7. The highest BCUT2D eigenvalue weighted by atomic mass is 16.3. The van der Waals surface area contributed by atoms with Crippen molar-refractivity contribution in [1.82, 2.24) is 0 Å². The number of hydrogen-bond acceptors (Lipinski definition) is 3. The first kappa shape index (κ1) is 20.6. The molecule has 8 atom stereocenters. The van der Waals surface area contributed by atoms with Gasteiger partial charge >= 0.3 is 0 Å². The van der Waals surface area contributed by atoms with E-state index in [-0.39, 0.29) is 29.6 Å². The highest BCUT2D eigenvalue weighted by Crippen LogP contribution is 2.64. The van der Waals surface area contributed by atoms with Gasteiger partial charge in [0.15, 0.2) is 0 Å². The third kappa shape index (κ3) is 3.37. The maximum Gasteiger partial charge on any atom is 0.0624 e. The van der Waals surface area contributed by atoms with E-state index < -0.39 is 0 Å². The average Bonchev–Trinajstić information content (AvgIpc) is 2.93. The molecule has 3 aliphatic carbocycles. The molecule has 3 heteroatoms. The van der Waals surface area contributed by atoms with Crippen LogP contribution < -0.4 is 0 Å². The van der Waals surface area contributed by atoms with Crippen molar-refractivity contribution in [1.29, 1.82) is 0 Å². The van der Waals surface area contributed by atoms with E-state index in [4.69, 9.17) is 0 Å². The molecule has 3 aliphatic rings. The van der Waals surface area contributed by atoms with E-state index >= 15 is 0 Å². The molecular formula is C23H42O3. The summed E-state index contributed by atoms with van der Waals surface area (Å²) in [6, 6.07) is 0. The normalized spacial score (nSPS) is 48.2. The first-order valence-electron chi connectivity index (χ1n) is 11.4. The fourth-order valence-electron chi connectivity index (χ4n) is 7.37. The minimum Gasteiger partial charge on any atom is -0.396 e. The first-order chi connectivity index (χ1) is 12.4. The monoisotopic (exact) mass is 366 g/mol. The van der Waals surface area contributed by atoms with E-state index in [0.717, 1.165) is 51.4 Å². The van der Waals surface area contributed by atoms with Crippen LogP contribution in [-0.4, -0.2) is 34.1 Å². The standard InChI is InChI=1S/C23H42O3/c1-4-5-6-8-16-15-17-18-9-10-20(25)22(18,2)13-11-19(17)23(3,21(16)26)12-7-14-24/h16-21,24-26H,4-15H2,1-3H3/t16?,17-,18-,19-,20-,21+,22-,23+/m0/s1. The van der Waals surface area contributed by atoms with Gasteiger partial charge in [-0.3, -0.25) is 0 Å². The Balaban J connectivity index is 1.85. The second-order valence-corrected chi connectivity index (χ2v) is 10.3. The number of aliphatic hydroxyl groups excluding tert-OH is 3. The molecule has 26 heavy (non-hydrogen) atoms. The largest absolute Gasteiger partial charge is 0.396 e. The summed E-state index contributed by atoms with van der Waals surface area (Å²) in [6.45, 7) is 7.10. The minimum atomic E-state index is -0.233. The maximum absolute atomic E-state index is 11.4. The predicted molar refractivity (Wildman–Crippen MR) is 106 cm³/mol. The van der Waals surface area contributed by atoms with Crippen molar-refractivity contribution in [3.63, 3.8) is 0 Å². The van der Waals surface area contributed by atoms with Gasteiger partial charge in [-0.15, -0.1) is 0 Å². The lowest BCUT2D eigenvalue weighted by molar-refractivity contribution is -0.163. The number of unbranched alkanes of at least 4 members (excludes halogenated alkanes) is 2. The Morgan fingerprint density at radius 2 is 1.73 bits per heavy atom. The zero-order valence-electron chi connectivity index (χ0n) is 17.3. The summed E-state index contributed by atoms with van der Waals surface area (Å²) in [7, 11) is 0. The van der Waals surface area contributed by atoms with Crippen molar-refractivity contribution in [2.24, 2.45) is 34.5 Å². The molecule has 0 bridgehead atoms. The summed E-state index contributed by atoms with van der Waals surface area (Å²) in [6.07, 6.45) is 11.7. The molecule has 0 aromatic heterocycles. The summed E-state index contributed by atoms with van der Waals surface area (Å²) < 4.78 is 0. The summed E-state index contributed by atoms with van der Waals surface area (Å²) >= 11 is 0. The van der Waals surface area contributed by atoms with Crippen LogP contribution in [0.15, 0.2) is 0 Å². The van der Waals surface area contributed by atoms with Gasteiger partial charge in [0, 0.05) is 6.61 Å². The SMILES string of the molecule is CCCCCC1C[C@@H]2[C@H](CC[C@]3(C)[C@@H](O)CC[C@@H]23)[C@@](C)(CCCO)[C@@H]1O. The maximum atomic E-state index is 11.4. The summed E-state index contributed by atoms with van der Waals surface area (Å²) in [4.78, 5) is 0. The fourth-order valence-corrected chi connectivity index (χ4v) is 7.37. The van der Waals surface area contributed by atoms with Crippen LogP contribution in [0.1, 0.15) is 91.4 Å². The number of aliphatic hydroxyl groups is 3. The molecule has 3 N–H and O–H groups in total. The van der Waals surface area contributed by atoms with Gasteiger partial charge in [-0.2, -0.15) is 0 Å². The molecule has 0 radical (unpaired) electrons. The second kappa shape index (κ2) is 8.09. The molecule has 3 fully saturated rings. The van der Waals surface area contributed by atoms with Gasteiger partial charge < -0.3 is 15.3 Å². The summed E-state index contributed by atoms with van der Waals surface area (Å²) in [5, 5.41) is 31.5. The highest BCUT2D eigenvalue weighted by Gasteiger charge is 2.60. The second-order valence-electron chi connectivity index (χ2n) is 10.3. The summed E-state index contributed by atoms with van der Waals surface area (Å²) in [5.41, 5.74) is 0.0206. The van der Waals surface area contributed by atoms with Crippen molar-refractivity contribution in [3.05, 3.63) is 0 Å². The van der Waals surface area contributed by atoms with Gasteiger partial charge in [-0.05, 0) is 85.9 Å². The molecule has 0 aliphatic heterocycles. The molecular weight excluding hydrogens is 324 g/mol. The van der Waals surface area contributed by atoms with Gasteiger partial charge in [-0.1, -0.05) is 40.0 Å². The molecule has 0 amide bonds. The topological polar surface area (TPSA) is 60.7 Å². The van der Waals surface area contributed by atoms with Gasteiger partial charge in [-0.25, -0.2) is 0 Å². The van der Waals surface area contributed by atoms with Crippen molar-refractivity contribution in [2.45, 2.75) is 104 Å². The molecule has 0 saturated heterocycles. The van der Waals surface area contributed by atoms with Crippen LogP contribution in [0.25, 0.3) is 0 Å². The van der Waals surface area contributed by atoms with Crippen molar-refractivity contribution < 1.29 is 15.3 Å². The van der Waals surface area contributed by atoms with E-state index in [0.29, 0.717) is 23.7 Å². The average molecular weight is 367 g/mol. The van der Waals surface area contributed by atoms with Crippen molar-refractivity contribution in [2.75, 3.05) is 6.61 Å². The fraction of sp³-hybridized carbons (Fsp3) is 1.00. The predicted octanol–water partition coefficient (Wildman–Crippen LogP) is 4.53. The van der Waals surface area contributed by atoms with E-state index in [9.17, 15) is 15.3 Å². The Morgan fingerprint density at radius 3 is 2.42 bits per heavy atom. The van der Waals surface area contributed by atoms with Crippen LogP contribution in [0.3, 0.4) is 0 Å². The van der Waals surface area contributed by atoms with Gasteiger partial charge in [0.05, 0.1) is 12.2 Å². The Kier molecular flexibility index (Phi) is 6.41. The van der Waals surface area contributed by atoms with Gasteiger partial charge in [0.2, 0.25) is 0 Å². The van der Waals surface area contributed by atoms with Crippen molar-refractivity contribution >= 4 is 0 Å². The van der Waals surface area contributed by atoms with Crippen LogP contribution >= 0.6 is 0 Å². The van der Waals surface area contributed by atoms with E-state index in [1.165, 1.54) is 19.3 Å². The van der Waals surface area contributed by atoms with E-state index in [1.807, 2.05) is 0 Å². The summed E-state index contributed by atoms with van der Waals surface area (Å²) in [5.74, 6) is 2.21. The molecule has 3 nitrogen and oxygen atoms in total. The molecule has 0 spiro atoms. The zero-order chi connectivity index (χ0) is 18.9. The molecule has 3 rings (SSSR count). The Bertz CT molecular complexity index is 466.